The highest BCUT2D eigenvalue weighted by Gasteiger charge is 2.11. The van der Waals surface area contributed by atoms with Crippen LogP contribution in [0.4, 0.5) is 0 Å². The molecule has 0 heterocycles. The van der Waals surface area contributed by atoms with Gasteiger partial charge in [-0.3, -0.25) is 14.4 Å². The maximum atomic E-state index is 11.0. The second kappa shape index (κ2) is 10.2. The summed E-state index contributed by atoms with van der Waals surface area (Å²) >= 11 is 0. The standard InChI is InChI=1S/C16H20N2O6/c1-11(19)15(20)10-23-6-7-24-18-9-13-4-2-12(3-5-13)8-14(17)16(21)22/h2-5,9,14H,6-8,10,17H2,1H3,(H,21,22)/b18-9+. The summed E-state index contributed by atoms with van der Waals surface area (Å²) in [7, 11) is 0. The number of rotatable bonds is 11. The number of ketones is 2. The molecular weight excluding hydrogens is 316 g/mol. The number of hydrogen-bond acceptors (Lipinski definition) is 7. The van der Waals surface area contributed by atoms with Crippen LogP contribution in [-0.4, -0.2) is 54.7 Å². The van der Waals surface area contributed by atoms with Gasteiger partial charge in [-0.25, -0.2) is 0 Å². The molecule has 130 valence electrons. The van der Waals surface area contributed by atoms with Crippen LogP contribution >= 0.6 is 0 Å². The quantitative estimate of drug-likeness (QED) is 0.255. The monoisotopic (exact) mass is 336 g/mol. The van der Waals surface area contributed by atoms with Crippen molar-refractivity contribution in [2.45, 2.75) is 19.4 Å². The SMILES string of the molecule is CC(=O)C(=O)COCCO/N=C/c1ccc(CC(N)C(=O)O)cc1. The average molecular weight is 336 g/mol. The lowest BCUT2D eigenvalue weighted by atomic mass is 10.1. The topological polar surface area (TPSA) is 128 Å². The number of ether oxygens (including phenoxy) is 1. The van der Waals surface area contributed by atoms with E-state index < -0.39 is 23.6 Å². The van der Waals surface area contributed by atoms with Gasteiger partial charge in [-0.2, -0.15) is 0 Å². The molecule has 0 saturated heterocycles. The van der Waals surface area contributed by atoms with Crippen molar-refractivity contribution in [3.8, 4) is 0 Å². The molecule has 3 N–H and O–H groups in total. The van der Waals surface area contributed by atoms with Crippen molar-refractivity contribution in [2.24, 2.45) is 10.9 Å². The first kappa shape index (κ1) is 19.5. The number of oxime groups is 1. The molecule has 1 rings (SSSR count). The van der Waals surface area contributed by atoms with E-state index in [1.807, 2.05) is 0 Å². The van der Waals surface area contributed by atoms with Gasteiger partial charge in [-0.05, 0) is 17.5 Å². The molecule has 0 aliphatic rings. The normalized spacial score (nSPS) is 12.1. The highest BCUT2D eigenvalue weighted by atomic mass is 16.6. The third kappa shape index (κ3) is 7.61. The number of nitrogens with two attached hydrogens (primary N) is 1. The third-order valence-corrected chi connectivity index (χ3v) is 2.97. The Morgan fingerprint density at radius 1 is 1.25 bits per heavy atom. The number of benzene rings is 1. The summed E-state index contributed by atoms with van der Waals surface area (Å²) in [6.45, 7) is 1.21. The van der Waals surface area contributed by atoms with Gasteiger partial charge in [0.05, 0.1) is 12.8 Å². The van der Waals surface area contributed by atoms with Gasteiger partial charge in [0.15, 0.2) is 5.78 Å². The number of hydrogen-bond donors (Lipinski definition) is 2. The number of aliphatic carboxylic acids is 1. The Morgan fingerprint density at radius 2 is 1.92 bits per heavy atom. The summed E-state index contributed by atoms with van der Waals surface area (Å²) in [5.41, 5.74) is 7.05. The average Bonchev–Trinajstić information content (AvgIpc) is 2.54. The zero-order valence-electron chi connectivity index (χ0n) is 13.3. The van der Waals surface area contributed by atoms with Crippen LogP contribution < -0.4 is 5.73 Å². The van der Waals surface area contributed by atoms with E-state index in [2.05, 4.69) is 5.16 Å². The predicted octanol–water partition coefficient (Wildman–Crippen LogP) is 0.166. The van der Waals surface area contributed by atoms with Gasteiger partial charge < -0.3 is 20.4 Å². The fourth-order valence-electron chi connectivity index (χ4n) is 1.59. The van der Waals surface area contributed by atoms with Crippen LogP contribution in [0, 0.1) is 0 Å². The van der Waals surface area contributed by atoms with Crippen molar-refractivity contribution in [2.75, 3.05) is 19.8 Å². The van der Waals surface area contributed by atoms with E-state index in [0.29, 0.717) is 0 Å². The highest BCUT2D eigenvalue weighted by Crippen LogP contribution is 2.05. The lowest BCUT2D eigenvalue weighted by molar-refractivity contribution is -0.138. The van der Waals surface area contributed by atoms with Crippen molar-refractivity contribution in [3.63, 3.8) is 0 Å². The summed E-state index contributed by atoms with van der Waals surface area (Å²) in [6, 6.07) is 6.13. The Balaban J connectivity index is 2.26. The number of carboxylic acids is 1. The molecule has 8 heteroatoms. The molecule has 24 heavy (non-hydrogen) atoms. The van der Waals surface area contributed by atoms with Gasteiger partial charge in [0.1, 0.15) is 19.3 Å². The van der Waals surface area contributed by atoms with Crippen LogP contribution in [0.3, 0.4) is 0 Å². The molecule has 0 radical (unpaired) electrons. The second-order valence-corrected chi connectivity index (χ2v) is 4.99. The molecule has 1 atom stereocenters. The van der Waals surface area contributed by atoms with Crippen LogP contribution in [0.25, 0.3) is 0 Å². The number of nitrogens with zero attached hydrogens (tertiary/aromatic N) is 1. The number of Topliss-reactive ketones (excluding diaryl/α,β-unsaturated/α-hetero) is 2. The van der Waals surface area contributed by atoms with Gasteiger partial charge >= 0.3 is 5.97 Å². The molecule has 0 fully saturated rings. The Morgan fingerprint density at radius 3 is 2.50 bits per heavy atom. The molecular formula is C16H20N2O6. The molecule has 8 nitrogen and oxygen atoms in total. The van der Waals surface area contributed by atoms with Crippen LogP contribution in [0.1, 0.15) is 18.1 Å². The fourth-order valence-corrected chi connectivity index (χ4v) is 1.59. The Kier molecular flexibility index (Phi) is 8.31. The van der Waals surface area contributed by atoms with E-state index in [1.54, 1.807) is 24.3 Å². The minimum atomic E-state index is -1.04. The number of carboxylic acid groups (broad SMARTS) is 1. The van der Waals surface area contributed by atoms with Crippen LogP contribution in [0.2, 0.25) is 0 Å². The fraction of sp³-hybridized carbons (Fsp3) is 0.375. The number of carbonyl (C=O) groups excluding carboxylic acids is 2. The Bertz CT molecular complexity index is 597. The molecule has 0 spiro atoms. The molecule has 0 amide bonds. The van der Waals surface area contributed by atoms with Gasteiger partial charge in [0, 0.05) is 6.92 Å². The van der Waals surface area contributed by atoms with Crippen molar-refractivity contribution >= 4 is 23.8 Å². The largest absolute Gasteiger partial charge is 0.480 e. The summed E-state index contributed by atoms with van der Waals surface area (Å²) in [5.74, 6) is -2.16. The minimum Gasteiger partial charge on any atom is -0.480 e. The molecule has 1 unspecified atom stereocenters. The minimum absolute atomic E-state index is 0.141. The van der Waals surface area contributed by atoms with Gasteiger partial charge in [-0.15, -0.1) is 0 Å². The van der Waals surface area contributed by atoms with Crippen molar-refractivity contribution in [3.05, 3.63) is 35.4 Å². The lowest BCUT2D eigenvalue weighted by Crippen LogP contribution is -2.32. The van der Waals surface area contributed by atoms with Crippen LogP contribution in [0.15, 0.2) is 29.4 Å². The smallest absolute Gasteiger partial charge is 0.320 e. The van der Waals surface area contributed by atoms with E-state index in [0.717, 1.165) is 11.1 Å². The molecule has 0 saturated carbocycles. The van der Waals surface area contributed by atoms with E-state index in [-0.39, 0.29) is 26.2 Å². The van der Waals surface area contributed by atoms with E-state index in [1.165, 1.54) is 13.1 Å². The number of carbonyl (C=O) groups is 3. The third-order valence-electron chi connectivity index (χ3n) is 2.97. The Labute approximate surface area is 139 Å². The summed E-state index contributed by atoms with van der Waals surface area (Å²) in [4.78, 5) is 37.3. The molecule has 1 aromatic rings. The summed E-state index contributed by atoms with van der Waals surface area (Å²) in [5, 5.41) is 12.5. The molecule has 0 aromatic heterocycles. The zero-order chi connectivity index (χ0) is 17.9. The first-order chi connectivity index (χ1) is 11.4. The summed E-state index contributed by atoms with van der Waals surface area (Å²) in [6.07, 6.45) is 1.74. The maximum absolute atomic E-state index is 11.0. The Hall–Kier alpha value is -2.58. The van der Waals surface area contributed by atoms with Crippen molar-refractivity contribution < 1.29 is 29.1 Å². The van der Waals surface area contributed by atoms with Crippen molar-refractivity contribution in [1.82, 2.24) is 0 Å². The summed E-state index contributed by atoms with van der Waals surface area (Å²) < 4.78 is 4.95. The lowest BCUT2D eigenvalue weighted by Gasteiger charge is -2.06. The second-order valence-electron chi connectivity index (χ2n) is 4.99. The van der Waals surface area contributed by atoms with Gasteiger partial charge in [-0.1, -0.05) is 29.4 Å². The van der Waals surface area contributed by atoms with E-state index in [9.17, 15) is 14.4 Å². The van der Waals surface area contributed by atoms with Gasteiger partial charge in [0.2, 0.25) is 5.78 Å². The van der Waals surface area contributed by atoms with E-state index >= 15 is 0 Å². The van der Waals surface area contributed by atoms with Gasteiger partial charge in [0.25, 0.3) is 0 Å². The first-order valence-corrected chi connectivity index (χ1v) is 7.24. The van der Waals surface area contributed by atoms with Crippen molar-refractivity contribution in [1.29, 1.82) is 0 Å². The molecule has 1 aromatic carbocycles. The molecule has 0 aliphatic heterocycles. The van der Waals surface area contributed by atoms with E-state index in [4.69, 9.17) is 20.4 Å². The maximum Gasteiger partial charge on any atom is 0.320 e. The predicted molar refractivity (Wildman–Crippen MR) is 85.8 cm³/mol. The zero-order valence-corrected chi connectivity index (χ0v) is 13.3. The first-order valence-electron chi connectivity index (χ1n) is 7.24. The van der Waals surface area contributed by atoms with Crippen LogP contribution in [0.5, 0.6) is 0 Å². The van der Waals surface area contributed by atoms with Crippen LogP contribution in [-0.2, 0) is 30.4 Å². The highest BCUT2D eigenvalue weighted by molar-refractivity contribution is 6.36. The molecule has 0 aliphatic carbocycles. The molecule has 0 bridgehead atoms.